The third kappa shape index (κ3) is 5.57. The summed E-state index contributed by atoms with van der Waals surface area (Å²) in [6.07, 6.45) is 0.716. The van der Waals surface area contributed by atoms with Crippen LogP contribution in [-0.4, -0.2) is 30.4 Å². The third-order valence-corrected chi connectivity index (χ3v) is 3.20. The molecule has 0 radical (unpaired) electrons. The maximum atomic E-state index is 12.7. The Morgan fingerprint density at radius 2 is 1.84 bits per heavy atom. The molecule has 1 aromatic carbocycles. The number of carbonyl (C=O) groups is 1. The molecule has 0 fully saturated rings. The number of rotatable bonds is 5. The molecule has 0 aliphatic heterocycles. The molecule has 1 aromatic rings. The van der Waals surface area contributed by atoms with Gasteiger partial charge in [-0.2, -0.15) is 0 Å². The highest BCUT2D eigenvalue weighted by molar-refractivity contribution is 5.85. The highest BCUT2D eigenvalue weighted by Gasteiger charge is 2.20. The molecule has 0 spiro atoms. The first-order valence-electron chi connectivity index (χ1n) is 6.17. The highest BCUT2D eigenvalue weighted by atomic mass is 35.5. The molecular formula is C14H22ClFN2O. The van der Waals surface area contributed by atoms with Crippen molar-refractivity contribution in [3.8, 4) is 0 Å². The average molecular weight is 289 g/mol. The van der Waals surface area contributed by atoms with Crippen molar-refractivity contribution in [2.24, 2.45) is 11.7 Å². The van der Waals surface area contributed by atoms with Gasteiger partial charge in [0.1, 0.15) is 5.82 Å². The smallest absolute Gasteiger partial charge is 0.226 e. The predicted molar refractivity (Wildman–Crippen MR) is 77.8 cm³/mol. The van der Waals surface area contributed by atoms with Gasteiger partial charge < -0.3 is 10.6 Å². The van der Waals surface area contributed by atoms with Crippen LogP contribution in [0.1, 0.15) is 19.4 Å². The van der Waals surface area contributed by atoms with Crippen molar-refractivity contribution in [2.75, 3.05) is 13.6 Å². The molecule has 2 unspecified atom stereocenters. The van der Waals surface area contributed by atoms with Crippen LogP contribution >= 0.6 is 12.4 Å². The number of likely N-dealkylation sites (N-methyl/N-ethyl adjacent to an activating group) is 1. The first kappa shape index (κ1) is 17.9. The topological polar surface area (TPSA) is 46.3 Å². The molecule has 5 heteroatoms. The average Bonchev–Trinajstić information content (AvgIpc) is 2.35. The number of hydrogen-bond acceptors (Lipinski definition) is 2. The first-order valence-corrected chi connectivity index (χ1v) is 6.17. The summed E-state index contributed by atoms with van der Waals surface area (Å²) in [4.78, 5) is 13.6. The van der Waals surface area contributed by atoms with Crippen molar-refractivity contribution in [3.05, 3.63) is 35.6 Å². The van der Waals surface area contributed by atoms with Gasteiger partial charge in [0.2, 0.25) is 5.91 Å². The zero-order valence-electron chi connectivity index (χ0n) is 11.6. The van der Waals surface area contributed by atoms with Crippen molar-refractivity contribution in [2.45, 2.75) is 26.3 Å². The van der Waals surface area contributed by atoms with E-state index in [1.807, 2.05) is 13.8 Å². The van der Waals surface area contributed by atoms with E-state index in [1.165, 1.54) is 12.1 Å². The van der Waals surface area contributed by atoms with Crippen molar-refractivity contribution >= 4 is 18.3 Å². The lowest BCUT2D eigenvalue weighted by Crippen LogP contribution is -2.40. The molecule has 0 aliphatic rings. The van der Waals surface area contributed by atoms with Gasteiger partial charge in [-0.1, -0.05) is 19.1 Å². The van der Waals surface area contributed by atoms with Crippen LogP contribution in [0.5, 0.6) is 0 Å². The van der Waals surface area contributed by atoms with E-state index in [-0.39, 0.29) is 36.1 Å². The van der Waals surface area contributed by atoms with E-state index < -0.39 is 0 Å². The molecule has 1 amide bonds. The van der Waals surface area contributed by atoms with Gasteiger partial charge >= 0.3 is 0 Å². The van der Waals surface area contributed by atoms with Gasteiger partial charge in [-0.15, -0.1) is 12.4 Å². The third-order valence-electron chi connectivity index (χ3n) is 3.20. The molecule has 0 aliphatic carbocycles. The van der Waals surface area contributed by atoms with Gasteiger partial charge in [0.05, 0.1) is 5.92 Å². The molecule has 19 heavy (non-hydrogen) atoms. The fourth-order valence-corrected chi connectivity index (χ4v) is 1.63. The summed E-state index contributed by atoms with van der Waals surface area (Å²) in [6, 6.07) is 6.19. The largest absolute Gasteiger partial charge is 0.345 e. The van der Waals surface area contributed by atoms with Crippen molar-refractivity contribution < 1.29 is 9.18 Å². The minimum atomic E-state index is -0.242. The molecule has 2 atom stereocenters. The van der Waals surface area contributed by atoms with Crippen molar-refractivity contribution in [1.29, 1.82) is 0 Å². The lowest BCUT2D eigenvalue weighted by Gasteiger charge is -2.23. The number of hydrogen-bond donors (Lipinski definition) is 1. The second kappa shape index (κ2) is 8.12. The van der Waals surface area contributed by atoms with Gasteiger partial charge in [0.25, 0.3) is 0 Å². The fraction of sp³-hybridized carbons (Fsp3) is 0.500. The first-order chi connectivity index (χ1) is 8.41. The quantitative estimate of drug-likeness (QED) is 0.903. The Kier molecular flexibility index (Phi) is 7.64. The number of nitrogens with two attached hydrogens (primary N) is 1. The van der Waals surface area contributed by atoms with Gasteiger partial charge in [0, 0.05) is 19.6 Å². The molecule has 3 nitrogen and oxygen atoms in total. The standard InChI is InChI=1S/C14H21FN2O.ClH/c1-10(11(2)16)14(18)17(3)9-8-12-4-6-13(15)7-5-12;/h4-7,10-11H,8-9,16H2,1-3H3;1H. The lowest BCUT2D eigenvalue weighted by atomic mass is 10.0. The Balaban J connectivity index is 0.00000324. The summed E-state index contributed by atoms with van der Waals surface area (Å²) in [7, 11) is 1.77. The van der Waals surface area contributed by atoms with E-state index in [0.29, 0.717) is 13.0 Å². The van der Waals surface area contributed by atoms with Gasteiger partial charge in [-0.05, 0) is 31.0 Å². The van der Waals surface area contributed by atoms with Gasteiger partial charge in [0.15, 0.2) is 0 Å². The molecule has 0 heterocycles. The fourth-order valence-electron chi connectivity index (χ4n) is 1.63. The molecular weight excluding hydrogens is 267 g/mol. The molecule has 0 aromatic heterocycles. The zero-order chi connectivity index (χ0) is 13.7. The molecule has 108 valence electrons. The normalized spacial score (nSPS) is 13.3. The minimum absolute atomic E-state index is 0. The summed E-state index contributed by atoms with van der Waals surface area (Å²) >= 11 is 0. The van der Waals surface area contributed by atoms with Gasteiger partial charge in [-0.3, -0.25) is 4.79 Å². The summed E-state index contributed by atoms with van der Waals surface area (Å²) in [5.41, 5.74) is 6.73. The zero-order valence-corrected chi connectivity index (χ0v) is 12.4. The van der Waals surface area contributed by atoms with Crippen LogP contribution in [0.15, 0.2) is 24.3 Å². The number of amides is 1. The number of halogens is 2. The molecule has 2 N–H and O–H groups in total. The van der Waals surface area contributed by atoms with E-state index in [1.54, 1.807) is 24.1 Å². The minimum Gasteiger partial charge on any atom is -0.345 e. The summed E-state index contributed by atoms with van der Waals surface area (Å²) in [5, 5.41) is 0. The predicted octanol–water partition coefficient (Wildman–Crippen LogP) is 2.23. The summed E-state index contributed by atoms with van der Waals surface area (Å²) in [6.45, 7) is 4.28. The Morgan fingerprint density at radius 1 is 1.32 bits per heavy atom. The summed E-state index contributed by atoms with van der Waals surface area (Å²) in [5.74, 6) is -0.371. The Labute approximate surface area is 120 Å². The number of benzene rings is 1. The Bertz CT molecular complexity index is 395. The molecule has 1 rings (SSSR count). The maximum Gasteiger partial charge on any atom is 0.226 e. The lowest BCUT2D eigenvalue weighted by molar-refractivity contribution is -0.134. The van der Waals surface area contributed by atoms with E-state index >= 15 is 0 Å². The highest BCUT2D eigenvalue weighted by Crippen LogP contribution is 2.07. The van der Waals surface area contributed by atoms with Crippen molar-refractivity contribution in [1.82, 2.24) is 4.90 Å². The van der Waals surface area contributed by atoms with Crippen LogP contribution in [0.25, 0.3) is 0 Å². The van der Waals surface area contributed by atoms with Crippen LogP contribution in [0.2, 0.25) is 0 Å². The SMILES string of the molecule is CC(N)C(C)C(=O)N(C)CCc1ccc(F)cc1.Cl. The molecule has 0 saturated heterocycles. The second-order valence-electron chi connectivity index (χ2n) is 4.78. The van der Waals surface area contributed by atoms with E-state index in [9.17, 15) is 9.18 Å². The van der Waals surface area contributed by atoms with Crippen LogP contribution in [0, 0.1) is 11.7 Å². The molecule has 0 bridgehead atoms. The monoisotopic (exact) mass is 288 g/mol. The Morgan fingerprint density at radius 3 is 2.32 bits per heavy atom. The van der Waals surface area contributed by atoms with Crippen LogP contribution < -0.4 is 5.73 Å². The Hall–Kier alpha value is -1.13. The van der Waals surface area contributed by atoms with Crippen LogP contribution in [0.4, 0.5) is 4.39 Å². The maximum absolute atomic E-state index is 12.7. The van der Waals surface area contributed by atoms with Gasteiger partial charge in [-0.25, -0.2) is 4.39 Å². The van der Waals surface area contributed by atoms with E-state index in [0.717, 1.165) is 5.56 Å². The second-order valence-corrected chi connectivity index (χ2v) is 4.78. The van der Waals surface area contributed by atoms with Crippen molar-refractivity contribution in [3.63, 3.8) is 0 Å². The van der Waals surface area contributed by atoms with E-state index in [4.69, 9.17) is 5.73 Å². The van der Waals surface area contributed by atoms with Crippen LogP contribution in [0.3, 0.4) is 0 Å². The number of nitrogens with zero attached hydrogens (tertiary/aromatic N) is 1. The molecule has 0 saturated carbocycles. The van der Waals surface area contributed by atoms with Crippen LogP contribution in [-0.2, 0) is 11.2 Å². The van der Waals surface area contributed by atoms with E-state index in [2.05, 4.69) is 0 Å². The number of carbonyl (C=O) groups excluding carboxylic acids is 1. The summed E-state index contributed by atoms with van der Waals surface area (Å²) < 4.78 is 12.7.